The van der Waals surface area contributed by atoms with E-state index in [1.54, 1.807) is 23.0 Å². The summed E-state index contributed by atoms with van der Waals surface area (Å²) in [6.07, 6.45) is 5.02. The normalized spacial score (nSPS) is 12.7. The highest BCUT2D eigenvalue weighted by molar-refractivity contribution is 5.31. The molecule has 6 nitrogen and oxygen atoms in total. The number of nitrogens with zero attached hydrogens (tertiary/aromatic N) is 4. The molecule has 1 aromatic carbocycles. The van der Waals surface area contributed by atoms with E-state index < -0.39 is 0 Å². The second-order valence-electron chi connectivity index (χ2n) is 5.66. The first-order chi connectivity index (χ1) is 11.1. The minimum absolute atomic E-state index is 0.00270. The monoisotopic (exact) mass is 315 g/mol. The van der Waals surface area contributed by atoms with Gasteiger partial charge in [-0.05, 0) is 30.2 Å². The minimum atomic E-state index is -0.261. The van der Waals surface area contributed by atoms with Gasteiger partial charge in [0.05, 0.1) is 17.9 Å². The van der Waals surface area contributed by atoms with Crippen molar-refractivity contribution in [3.05, 3.63) is 60.3 Å². The van der Waals surface area contributed by atoms with E-state index in [9.17, 15) is 4.39 Å². The maximum absolute atomic E-state index is 13.0. The molecule has 7 heteroatoms. The van der Waals surface area contributed by atoms with E-state index in [1.807, 2.05) is 6.20 Å². The lowest BCUT2D eigenvalue weighted by molar-refractivity contribution is 0.357. The van der Waals surface area contributed by atoms with Crippen molar-refractivity contribution in [2.24, 2.45) is 5.92 Å². The Bertz CT molecular complexity index is 736. The Morgan fingerprint density at radius 3 is 2.70 bits per heavy atom. The van der Waals surface area contributed by atoms with Gasteiger partial charge in [-0.1, -0.05) is 19.0 Å². The van der Waals surface area contributed by atoms with Crippen LogP contribution in [0.1, 0.15) is 31.3 Å². The first-order valence-corrected chi connectivity index (χ1v) is 7.42. The second kappa shape index (κ2) is 6.70. The molecule has 0 aliphatic rings. The van der Waals surface area contributed by atoms with E-state index in [4.69, 9.17) is 4.52 Å². The molecule has 0 radical (unpaired) electrons. The van der Waals surface area contributed by atoms with Gasteiger partial charge in [-0.3, -0.25) is 0 Å². The summed E-state index contributed by atoms with van der Waals surface area (Å²) in [6.45, 7) is 4.81. The second-order valence-corrected chi connectivity index (χ2v) is 5.66. The molecule has 0 aliphatic carbocycles. The fourth-order valence-electron chi connectivity index (χ4n) is 2.36. The summed E-state index contributed by atoms with van der Waals surface area (Å²) in [6, 6.07) is 6.22. The van der Waals surface area contributed by atoms with Crippen molar-refractivity contribution in [1.82, 2.24) is 25.2 Å². The van der Waals surface area contributed by atoms with E-state index >= 15 is 0 Å². The molecular weight excluding hydrogens is 297 g/mol. The number of nitrogens with one attached hydrogen (secondary N) is 1. The summed E-state index contributed by atoms with van der Waals surface area (Å²) in [4.78, 5) is 4.11. The maximum atomic E-state index is 13.0. The molecule has 1 atom stereocenters. The molecule has 23 heavy (non-hydrogen) atoms. The van der Waals surface area contributed by atoms with Crippen molar-refractivity contribution >= 4 is 0 Å². The summed E-state index contributed by atoms with van der Waals surface area (Å²) in [5.74, 6) is 0.702. The van der Waals surface area contributed by atoms with Crippen LogP contribution in [0.3, 0.4) is 0 Å². The Kier molecular flexibility index (Phi) is 4.47. The van der Waals surface area contributed by atoms with Crippen LogP contribution in [-0.2, 0) is 6.54 Å². The van der Waals surface area contributed by atoms with Crippen molar-refractivity contribution in [3.8, 4) is 5.69 Å². The van der Waals surface area contributed by atoms with Gasteiger partial charge in [-0.2, -0.15) is 10.1 Å². The van der Waals surface area contributed by atoms with Crippen LogP contribution in [0.15, 0.2) is 47.6 Å². The summed E-state index contributed by atoms with van der Waals surface area (Å²) >= 11 is 0. The SMILES string of the molecule is CC(C)[C@@H](NCc1cnn(-c2ccc(F)cc2)c1)c1ncon1. The predicted octanol–water partition coefficient (Wildman–Crippen LogP) is 2.88. The topological polar surface area (TPSA) is 68.8 Å². The van der Waals surface area contributed by atoms with E-state index in [2.05, 4.69) is 34.4 Å². The largest absolute Gasteiger partial charge is 0.343 e. The van der Waals surface area contributed by atoms with E-state index in [1.165, 1.54) is 18.5 Å². The Balaban J connectivity index is 1.68. The molecule has 0 saturated carbocycles. The quantitative estimate of drug-likeness (QED) is 0.757. The molecule has 0 saturated heterocycles. The van der Waals surface area contributed by atoms with Gasteiger partial charge in [0.2, 0.25) is 6.39 Å². The molecule has 1 N–H and O–H groups in total. The average Bonchev–Trinajstić information content (AvgIpc) is 3.20. The van der Waals surface area contributed by atoms with Gasteiger partial charge >= 0.3 is 0 Å². The third-order valence-corrected chi connectivity index (χ3v) is 3.58. The van der Waals surface area contributed by atoms with Crippen molar-refractivity contribution in [3.63, 3.8) is 0 Å². The number of benzene rings is 1. The smallest absolute Gasteiger partial charge is 0.213 e. The van der Waals surface area contributed by atoms with Crippen molar-refractivity contribution in [2.45, 2.75) is 26.4 Å². The third-order valence-electron chi connectivity index (χ3n) is 3.58. The fourth-order valence-corrected chi connectivity index (χ4v) is 2.36. The van der Waals surface area contributed by atoms with Crippen LogP contribution in [0.2, 0.25) is 0 Å². The molecule has 0 fully saturated rings. The summed E-state index contributed by atoms with van der Waals surface area (Å²) in [7, 11) is 0. The maximum Gasteiger partial charge on any atom is 0.213 e. The van der Waals surface area contributed by atoms with Crippen molar-refractivity contribution in [1.29, 1.82) is 0 Å². The van der Waals surface area contributed by atoms with Crippen LogP contribution < -0.4 is 5.32 Å². The predicted molar refractivity (Wildman–Crippen MR) is 82.2 cm³/mol. The Labute approximate surface area is 133 Å². The van der Waals surface area contributed by atoms with Gasteiger partial charge in [-0.25, -0.2) is 9.07 Å². The molecule has 3 aromatic rings. The first-order valence-electron chi connectivity index (χ1n) is 7.42. The highest BCUT2D eigenvalue weighted by atomic mass is 19.1. The average molecular weight is 315 g/mol. The molecule has 2 aromatic heterocycles. The van der Waals surface area contributed by atoms with Crippen molar-refractivity contribution in [2.75, 3.05) is 0 Å². The lowest BCUT2D eigenvalue weighted by Crippen LogP contribution is -2.26. The van der Waals surface area contributed by atoms with Gasteiger partial charge in [-0.15, -0.1) is 0 Å². The van der Waals surface area contributed by atoms with Crippen LogP contribution in [0.25, 0.3) is 5.69 Å². The number of hydrogen-bond acceptors (Lipinski definition) is 5. The van der Waals surface area contributed by atoms with E-state index in [0.29, 0.717) is 18.3 Å². The van der Waals surface area contributed by atoms with Gasteiger partial charge in [0.25, 0.3) is 0 Å². The Morgan fingerprint density at radius 1 is 1.26 bits per heavy atom. The number of halogens is 1. The summed E-state index contributed by atoms with van der Waals surface area (Å²) in [5.41, 5.74) is 1.83. The number of rotatable bonds is 6. The Hall–Kier alpha value is -2.54. The molecular formula is C16H18FN5O. The molecule has 0 aliphatic heterocycles. The lowest BCUT2D eigenvalue weighted by Gasteiger charge is -2.18. The highest BCUT2D eigenvalue weighted by Gasteiger charge is 2.19. The summed E-state index contributed by atoms with van der Waals surface area (Å²) in [5, 5.41) is 11.6. The van der Waals surface area contributed by atoms with E-state index in [-0.39, 0.29) is 11.9 Å². The van der Waals surface area contributed by atoms with Crippen molar-refractivity contribution < 1.29 is 8.91 Å². The van der Waals surface area contributed by atoms with Crippen LogP contribution in [-0.4, -0.2) is 19.9 Å². The Morgan fingerprint density at radius 2 is 2.04 bits per heavy atom. The van der Waals surface area contributed by atoms with Gasteiger partial charge in [0, 0.05) is 18.3 Å². The standard InChI is InChI=1S/C16H18FN5O/c1-11(2)15(16-19-10-23-21-16)18-7-12-8-20-22(9-12)14-5-3-13(17)4-6-14/h3-6,8-11,15,18H,7H2,1-2H3/t15-/m1/s1. The third kappa shape index (κ3) is 3.62. The molecule has 0 unspecified atom stereocenters. The van der Waals surface area contributed by atoms with Gasteiger partial charge < -0.3 is 9.84 Å². The van der Waals surface area contributed by atoms with Crippen LogP contribution in [0.5, 0.6) is 0 Å². The van der Waals surface area contributed by atoms with Crippen LogP contribution >= 0.6 is 0 Å². The molecule has 2 heterocycles. The van der Waals surface area contributed by atoms with Gasteiger partial charge in [0.1, 0.15) is 5.82 Å². The molecule has 3 rings (SSSR count). The fraction of sp³-hybridized carbons (Fsp3) is 0.312. The minimum Gasteiger partial charge on any atom is -0.343 e. The zero-order chi connectivity index (χ0) is 16.2. The van der Waals surface area contributed by atoms with Crippen LogP contribution in [0.4, 0.5) is 4.39 Å². The summed E-state index contributed by atoms with van der Waals surface area (Å²) < 4.78 is 19.5. The zero-order valence-electron chi connectivity index (χ0n) is 13.0. The number of hydrogen-bond donors (Lipinski definition) is 1. The van der Waals surface area contributed by atoms with E-state index in [0.717, 1.165) is 11.3 Å². The molecule has 0 bridgehead atoms. The molecule has 0 amide bonds. The first kappa shape index (κ1) is 15.4. The lowest BCUT2D eigenvalue weighted by atomic mass is 10.0. The number of aromatic nitrogens is 4. The molecule has 0 spiro atoms. The van der Waals surface area contributed by atoms with Gasteiger partial charge in [0.15, 0.2) is 5.82 Å². The van der Waals surface area contributed by atoms with Crippen LogP contribution in [0, 0.1) is 11.7 Å². The highest BCUT2D eigenvalue weighted by Crippen LogP contribution is 2.19. The zero-order valence-corrected chi connectivity index (χ0v) is 13.0. The molecule has 120 valence electrons.